The lowest BCUT2D eigenvalue weighted by Crippen LogP contribution is -2.38. The molecule has 1 aromatic carbocycles. The Bertz CT molecular complexity index is 328. The molecule has 0 aromatic heterocycles. The molecule has 0 radical (unpaired) electrons. The summed E-state index contributed by atoms with van der Waals surface area (Å²) in [6.45, 7) is 4.89. The number of aliphatic hydroxyl groups is 1. The van der Waals surface area contributed by atoms with Gasteiger partial charge in [0.25, 0.3) is 0 Å². The Labute approximate surface area is 89.7 Å². The van der Waals surface area contributed by atoms with Gasteiger partial charge in [0, 0.05) is 0 Å². The van der Waals surface area contributed by atoms with Crippen molar-refractivity contribution in [3.63, 3.8) is 0 Å². The molecule has 0 aliphatic rings. The van der Waals surface area contributed by atoms with Gasteiger partial charge in [0.05, 0.1) is 11.5 Å². The first-order valence-corrected chi connectivity index (χ1v) is 4.90. The average Bonchev–Trinajstić information content (AvgIpc) is 2.18. The Morgan fingerprint density at radius 3 is 2.33 bits per heavy atom. The molecule has 3 heteroatoms. The normalized spacial score (nSPS) is 13.3. The summed E-state index contributed by atoms with van der Waals surface area (Å²) >= 11 is 0. The van der Waals surface area contributed by atoms with E-state index in [4.69, 9.17) is 4.74 Å². The summed E-state index contributed by atoms with van der Waals surface area (Å²) in [5, 5.41) is 9.43. The van der Waals surface area contributed by atoms with E-state index in [0.29, 0.717) is 5.75 Å². The number of esters is 1. The van der Waals surface area contributed by atoms with E-state index in [0.717, 1.165) is 0 Å². The third kappa shape index (κ3) is 2.80. The Hall–Kier alpha value is -1.35. The van der Waals surface area contributed by atoms with Crippen LogP contribution in [0, 0.1) is 5.41 Å². The number of hydrogen-bond acceptors (Lipinski definition) is 3. The maximum absolute atomic E-state index is 11.7. The van der Waals surface area contributed by atoms with Crippen molar-refractivity contribution in [2.45, 2.75) is 26.9 Å². The molecule has 0 amide bonds. The smallest absolute Gasteiger partial charge is 0.319 e. The van der Waals surface area contributed by atoms with Gasteiger partial charge in [-0.15, -0.1) is 0 Å². The first kappa shape index (κ1) is 11.7. The van der Waals surface area contributed by atoms with Crippen molar-refractivity contribution < 1.29 is 14.6 Å². The van der Waals surface area contributed by atoms with Gasteiger partial charge in [0.1, 0.15) is 5.75 Å². The van der Waals surface area contributed by atoms with Crippen molar-refractivity contribution in [3.05, 3.63) is 30.3 Å². The molecule has 0 aliphatic heterocycles. The maximum Gasteiger partial charge on any atom is 0.319 e. The molecule has 0 spiro atoms. The van der Waals surface area contributed by atoms with Crippen LogP contribution in [0.5, 0.6) is 5.75 Å². The summed E-state index contributed by atoms with van der Waals surface area (Å²) in [5.74, 6) is 0.0694. The van der Waals surface area contributed by atoms with Crippen LogP contribution in [0.15, 0.2) is 30.3 Å². The topological polar surface area (TPSA) is 46.5 Å². The molecule has 0 bridgehead atoms. The minimum Gasteiger partial charge on any atom is -0.426 e. The largest absolute Gasteiger partial charge is 0.426 e. The number of hydrogen-bond donors (Lipinski definition) is 1. The highest BCUT2D eigenvalue weighted by Crippen LogP contribution is 2.23. The van der Waals surface area contributed by atoms with Crippen LogP contribution in [0.4, 0.5) is 0 Å². The van der Waals surface area contributed by atoms with Crippen molar-refractivity contribution in [3.8, 4) is 5.75 Å². The number of ether oxygens (including phenoxy) is 1. The second-order valence-corrected chi connectivity index (χ2v) is 4.10. The SMILES string of the molecule is CC(O)C(C)(C)C(=O)Oc1ccccc1. The van der Waals surface area contributed by atoms with Crippen LogP contribution in [-0.4, -0.2) is 17.2 Å². The molecule has 82 valence electrons. The van der Waals surface area contributed by atoms with Crippen molar-refractivity contribution in [1.82, 2.24) is 0 Å². The van der Waals surface area contributed by atoms with Gasteiger partial charge >= 0.3 is 5.97 Å². The summed E-state index contributed by atoms with van der Waals surface area (Å²) < 4.78 is 5.14. The molecule has 1 atom stereocenters. The van der Waals surface area contributed by atoms with E-state index < -0.39 is 17.5 Å². The quantitative estimate of drug-likeness (QED) is 0.610. The first-order chi connectivity index (χ1) is 6.94. The number of benzene rings is 1. The van der Waals surface area contributed by atoms with Crippen LogP contribution in [0.3, 0.4) is 0 Å². The van der Waals surface area contributed by atoms with Gasteiger partial charge in [-0.1, -0.05) is 18.2 Å². The van der Waals surface area contributed by atoms with E-state index >= 15 is 0 Å². The fourth-order valence-corrected chi connectivity index (χ4v) is 0.898. The van der Waals surface area contributed by atoms with E-state index in [1.807, 2.05) is 6.07 Å². The predicted octanol–water partition coefficient (Wildman–Crippen LogP) is 2.00. The Balaban J connectivity index is 2.72. The van der Waals surface area contributed by atoms with Gasteiger partial charge in [-0.25, -0.2) is 0 Å². The van der Waals surface area contributed by atoms with Crippen molar-refractivity contribution in [1.29, 1.82) is 0 Å². The lowest BCUT2D eigenvalue weighted by Gasteiger charge is -2.25. The van der Waals surface area contributed by atoms with Crippen LogP contribution in [0.2, 0.25) is 0 Å². The third-order valence-corrected chi connectivity index (χ3v) is 2.52. The zero-order chi connectivity index (χ0) is 11.5. The fraction of sp³-hybridized carbons (Fsp3) is 0.417. The van der Waals surface area contributed by atoms with Gasteiger partial charge < -0.3 is 9.84 Å². The predicted molar refractivity (Wildman–Crippen MR) is 57.5 cm³/mol. The highest BCUT2D eigenvalue weighted by Gasteiger charge is 2.34. The molecule has 1 aromatic rings. The molecule has 15 heavy (non-hydrogen) atoms. The summed E-state index contributed by atoms with van der Waals surface area (Å²) in [7, 11) is 0. The lowest BCUT2D eigenvalue weighted by atomic mass is 9.88. The second kappa shape index (κ2) is 4.45. The standard InChI is InChI=1S/C12H16O3/c1-9(13)12(2,3)11(14)15-10-7-5-4-6-8-10/h4-9,13H,1-3H3. The van der Waals surface area contributed by atoms with E-state index in [1.165, 1.54) is 0 Å². The van der Waals surface area contributed by atoms with Crippen molar-refractivity contribution in [2.24, 2.45) is 5.41 Å². The van der Waals surface area contributed by atoms with E-state index in [1.54, 1.807) is 45.0 Å². The second-order valence-electron chi connectivity index (χ2n) is 4.10. The lowest BCUT2D eigenvalue weighted by molar-refractivity contribution is -0.149. The van der Waals surface area contributed by atoms with Gasteiger partial charge in [-0.3, -0.25) is 4.79 Å². The number of carbonyl (C=O) groups is 1. The first-order valence-electron chi connectivity index (χ1n) is 4.90. The molecule has 0 aliphatic carbocycles. The number of para-hydroxylation sites is 1. The van der Waals surface area contributed by atoms with Crippen LogP contribution in [0.25, 0.3) is 0 Å². The summed E-state index contributed by atoms with van der Waals surface area (Å²) in [5.41, 5.74) is -0.893. The molecule has 1 unspecified atom stereocenters. The third-order valence-electron chi connectivity index (χ3n) is 2.52. The molecule has 0 heterocycles. The molecular weight excluding hydrogens is 192 g/mol. The van der Waals surface area contributed by atoms with Crippen LogP contribution in [0.1, 0.15) is 20.8 Å². The van der Waals surface area contributed by atoms with Gasteiger partial charge in [-0.05, 0) is 32.9 Å². The molecule has 3 nitrogen and oxygen atoms in total. The Morgan fingerprint density at radius 1 is 1.33 bits per heavy atom. The minimum absolute atomic E-state index is 0.427. The molecular formula is C12H16O3. The molecule has 0 saturated heterocycles. The van der Waals surface area contributed by atoms with Crippen molar-refractivity contribution >= 4 is 5.97 Å². The Morgan fingerprint density at radius 2 is 1.87 bits per heavy atom. The van der Waals surface area contributed by atoms with Gasteiger partial charge in [0.2, 0.25) is 0 Å². The number of carbonyl (C=O) groups excluding carboxylic acids is 1. The van der Waals surface area contributed by atoms with Gasteiger partial charge in [-0.2, -0.15) is 0 Å². The maximum atomic E-state index is 11.7. The van der Waals surface area contributed by atoms with E-state index in [9.17, 15) is 9.90 Å². The molecule has 1 N–H and O–H groups in total. The summed E-state index contributed by atoms with van der Waals surface area (Å²) in [6, 6.07) is 8.83. The Kier molecular flexibility index (Phi) is 3.48. The van der Waals surface area contributed by atoms with E-state index in [-0.39, 0.29) is 0 Å². The number of rotatable bonds is 3. The number of aliphatic hydroxyl groups excluding tert-OH is 1. The average molecular weight is 208 g/mol. The highest BCUT2D eigenvalue weighted by atomic mass is 16.5. The van der Waals surface area contributed by atoms with Crippen LogP contribution < -0.4 is 4.74 Å². The van der Waals surface area contributed by atoms with Gasteiger partial charge in [0.15, 0.2) is 0 Å². The monoisotopic (exact) mass is 208 g/mol. The zero-order valence-corrected chi connectivity index (χ0v) is 9.23. The fourth-order valence-electron chi connectivity index (χ4n) is 0.898. The summed E-state index contributed by atoms with van der Waals surface area (Å²) in [4.78, 5) is 11.7. The molecule has 0 fully saturated rings. The highest BCUT2D eigenvalue weighted by molar-refractivity contribution is 5.78. The van der Waals surface area contributed by atoms with Crippen LogP contribution >= 0.6 is 0 Å². The zero-order valence-electron chi connectivity index (χ0n) is 9.23. The van der Waals surface area contributed by atoms with Crippen molar-refractivity contribution in [2.75, 3.05) is 0 Å². The molecule has 1 rings (SSSR count). The minimum atomic E-state index is -0.893. The van der Waals surface area contributed by atoms with Crippen LogP contribution in [-0.2, 0) is 4.79 Å². The van der Waals surface area contributed by atoms with E-state index in [2.05, 4.69) is 0 Å². The summed E-state index contributed by atoms with van der Waals surface area (Å²) in [6.07, 6.45) is -0.742. The molecule has 0 saturated carbocycles.